The molecule has 6 heteroatoms. The summed E-state index contributed by atoms with van der Waals surface area (Å²) in [6, 6.07) is 20.5. The van der Waals surface area contributed by atoms with E-state index in [0.717, 1.165) is 83.5 Å². The quantitative estimate of drug-likeness (QED) is 0.134. The molecule has 202 valence electrons. The molecule has 1 aliphatic heterocycles. The molecule has 0 fully saturated rings. The van der Waals surface area contributed by atoms with E-state index in [2.05, 4.69) is 80.5 Å². The minimum Gasteiger partial charge on any atom is -1.00 e. The first kappa shape index (κ1) is 29.2. The molecule has 0 bridgehead atoms. The third-order valence-electron chi connectivity index (χ3n) is 7.09. The number of carbonyl (C=O) groups is 1. The summed E-state index contributed by atoms with van der Waals surface area (Å²) < 4.78 is 14.5. The van der Waals surface area contributed by atoms with Gasteiger partial charge in [-0.3, -0.25) is 0 Å². The lowest BCUT2D eigenvalue weighted by atomic mass is 9.90. The summed E-state index contributed by atoms with van der Waals surface area (Å²) in [5.74, 6) is 0.517. The monoisotopic (exact) mass is 534 g/mol. The van der Waals surface area contributed by atoms with Crippen LogP contribution in [0, 0.1) is 0 Å². The van der Waals surface area contributed by atoms with E-state index in [9.17, 15) is 4.79 Å². The summed E-state index contributed by atoms with van der Waals surface area (Å²) in [4.78, 5) is 15.5. The Morgan fingerprint density at radius 3 is 2.32 bits per heavy atom. The van der Waals surface area contributed by atoms with Crippen molar-refractivity contribution in [2.24, 2.45) is 0 Å². The number of hydrogen-bond donors (Lipinski definition) is 0. The number of nitrogens with zero attached hydrogens (tertiary/aromatic N) is 2. The molecule has 2 aromatic rings. The molecule has 2 aromatic carbocycles. The molecule has 0 N–H and O–H groups in total. The van der Waals surface area contributed by atoms with Crippen LogP contribution in [0.1, 0.15) is 57.8 Å². The smallest absolute Gasteiger partial charge is 0.338 e. The standard InChI is InChI=1S/C32H39N2O3.ClH/c1-6-11-20-36-32(35)26-15-13-12-14-25(26)31-27-18-16-23(33(7-2)8-3)21-29(27)37-30-22-24(17-19-28(30)31)34(9-4)10-5;/h12-19,21-22H,6-11,20H2,1-5H3;1H/q+1;/p-1. The fraction of sp³-hybridized carbons (Fsp3) is 0.375. The fourth-order valence-corrected chi connectivity index (χ4v) is 4.99. The number of fused-ring (bicyclic) bond motifs is 2. The summed E-state index contributed by atoms with van der Waals surface area (Å²) in [6.07, 6.45) is 1.83. The van der Waals surface area contributed by atoms with Gasteiger partial charge in [0.15, 0.2) is 0 Å². The third kappa shape index (κ3) is 5.88. The first-order valence-electron chi connectivity index (χ1n) is 13.7. The largest absolute Gasteiger partial charge is 1.00 e. The van der Waals surface area contributed by atoms with Crippen molar-refractivity contribution in [3.05, 3.63) is 71.6 Å². The Hall–Kier alpha value is -3.31. The van der Waals surface area contributed by atoms with Crippen molar-refractivity contribution in [3.8, 4) is 22.5 Å². The minimum absolute atomic E-state index is 0. The molecule has 4 rings (SSSR count). The van der Waals surface area contributed by atoms with E-state index in [0.29, 0.717) is 12.2 Å². The van der Waals surface area contributed by atoms with Crippen LogP contribution in [-0.2, 0) is 4.74 Å². The van der Waals surface area contributed by atoms with Crippen molar-refractivity contribution in [1.82, 2.24) is 4.58 Å². The molecule has 1 heterocycles. The number of hydrogen-bond acceptors (Lipinski definition) is 4. The van der Waals surface area contributed by atoms with E-state index in [1.807, 2.05) is 24.3 Å². The maximum Gasteiger partial charge on any atom is 0.338 e. The second kappa shape index (κ2) is 13.5. The van der Waals surface area contributed by atoms with Gasteiger partial charge in [0.1, 0.15) is 24.4 Å². The van der Waals surface area contributed by atoms with Crippen LogP contribution < -0.4 is 27.2 Å². The number of halogens is 1. The highest BCUT2D eigenvalue weighted by Crippen LogP contribution is 2.42. The highest BCUT2D eigenvalue weighted by atomic mass is 35.5. The van der Waals surface area contributed by atoms with Gasteiger partial charge in [-0.15, -0.1) is 0 Å². The van der Waals surface area contributed by atoms with Crippen LogP contribution in [0.4, 0.5) is 5.69 Å². The van der Waals surface area contributed by atoms with Gasteiger partial charge in [0.25, 0.3) is 0 Å². The summed E-state index contributed by atoms with van der Waals surface area (Å²) in [7, 11) is 0. The second-order valence-corrected chi connectivity index (χ2v) is 9.22. The van der Waals surface area contributed by atoms with E-state index in [-0.39, 0.29) is 18.4 Å². The van der Waals surface area contributed by atoms with Crippen LogP contribution in [0.3, 0.4) is 0 Å². The number of carbonyl (C=O) groups excluding carboxylic acids is 1. The van der Waals surface area contributed by atoms with E-state index < -0.39 is 0 Å². The van der Waals surface area contributed by atoms with Crippen LogP contribution in [0.15, 0.2) is 65.1 Å². The van der Waals surface area contributed by atoms with E-state index in [4.69, 9.17) is 9.15 Å². The Labute approximate surface area is 232 Å². The van der Waals surface area contributed by atoms with E-state index >= 15 is 0 Å². The van der Waals surface area contributed by atoms with Crippen LogP contribution in [-0.4, -0.2) is 38.8 Å². The zero-order valence-corrected chi connectivity index (χ0v) is 24.0. The van der Waals surface area contributed by atoms with Crippen molar-refractivity contribution >= 4 is 22.6 Å². The molecule has 0 radical (unpaired) electrons. The molecule has 0 saturated heterocycles. The van der Waals surface area contributed by atoms with Crippen LogP contribution in [0.2, 0.25) is 0 Å². The van der Waals surface area contributed by atoms with Crippen molar-refractivity contribution in [2.45, 2.75) is 47.5 Å². The van der Waals surface area contributed by atoms with Gasteiger partial charge in [0, 0.05) is 47.4 Å². The lowest BCUT2D eigenvalue weighted by Gasteiger charge is -2.22. The number of benzene rings is 3. The van der Waals surface area contributed by atoms with Gasteiger partial charge in [-0.2, -0.15) is 0 Å². The topological polar surface area (TPSA) is 45.7 Å². The normalized spacial score (nSPS) is 10.9. The number of anilines is 1. The molecule has 0 aromatic heterocycles. The number of unbranched alkanes of at least 4 members (excludes halogenated alkanes) is 1. The highest BCUT2D eigenvalue weighted by Gasteiger charge is 2.23. The first-order chi connectivity index (χ1) is 18.1. The maximum atomic E-state index is 13.2. The van der Waals surface area contributed by atoms with Gasteiger partial charge in [0.2, 0.25) is 5.36 Å². The maximum absolute atomic E-state index is 13.2. The number of ether oxygens (including phenoxy) is 1. The van der Waals surface area contributed by atoms with Crippen LogP contribution >= 0.6 is 0 Å². The Kier molecular flexibility index (Phi) is 10.4. The summed E-state index contributed by atoms with van der Waals surface area (Å²) in [5, 5.41) is 2.10. The van der Waals surface area contributed by atoms with Gasteiger partial charge in [-0.05, 0) is 63.9 Å². The molecule has 0 unspecified atom stereocenters. The molecule has 0 spiro atoms. The average Bonchev–Trinajstić information content (AvgIpc) is 2.93. The van der Waals surface area contributed by atoms with Crippen molar-refractivity contribution in [2.75, 3.05) is 37.7 Å². The zero-order valence-electron chi connectivity index (χ0n) is 23.2. The van der Waals surface area contributed by atoms with Gasteiger partial charge < -0.3 is 26.5 Å². The molecule has 0 saturated carbocycles. The van der Waals surface area contributed by atoms with E-state index in [1.165, 1.54) is 0 Å². The zero-order chi connectivity index (χ0) is 26.4. The Morgan fingerprint density at radius 2 is 1.63 bits per heavy atom. The molecule has 1 aliphatic carbocycles. The van der Waals surface area contributed by atoms with Crippen LogP contribution in [0.5, 0.6) is 0 Å². The lowest BCUT2D eigenvalue weighted by Crippen LogP contribution is -3.00. The van der Waals surface area contributed by atoms with E-state index in [1.54, 1.807) is 0 Å². The molecule has 0 amide bonds. The molecule has 38 heavy (non-hydrogen) atoms. The van der Waals surface area contributed by atoms with Gasteiger partial charge in [-0.1, -0.05) is 31.5 Å². The fourth-order valence-electron chi connectivity index (χ4n) is 4.99. The Morgan fingerprint density at radius 1 is 0.895 bits per heavy atom. The van der Waals surface area contributed by atoms with Crippen LogP contribution in [0.25, 0.3) is 33.4 Å². The molecule has 5 nitrogen and oxygen atoms in total. The predicted molar refractivity (Wildman–Crippen MR) is 153 cm³/mol. The second-order valence-electron chi connectivity index (χ2n) is 9.22. The SMILES string of the molecule is CCCCOC(=O)c1ccccc1-c1c2ccc(=[N+](CC)CC)cc-2oc2cc(N(CC)CC)ccc12.[Cl-]. The van der Waals surface area contributed by atoms with Crippen molar-refractivity contribution in [1.29, 1.82) is 0 Å². The average molecular weight is 535 g/mol. The Balaban J connectivity index is 0.00000400. The summed E-state index contributed by atoms with van der Waals surface area (Å²) >= 11 is 0. The van der Waals surface area contributed by atoms with Crippen molar-refractivity contribution < 1.29 is 26.4 Å². The van der Waals surface area contributed by atoms with Gasteiger partial charge >= 0.3 is 5.97 Å². The minimum atomic E-state index is -0.286. The van der Waals surface area contributed by atoms with Gasteiger partial charge in [0.05, 0.1) is 18.2 Å². The van der Waals surface area contributed by atoms with Crippen molar-refractivity contribution in [3.63, 3.8) is 0 Å². The lowest BCUT2D eigenvalue weighted by molar-refractivity contribution is -0.0000265. The van der Waals surface area contributed by atoms with Gasteiger partial charge in [-0.25, -0.2) is 9.37 Å². The third-order valence-corrected chi connectivity index (χ3v) is 7.09. The highest BCUT2D eigenvalue weighted by molar-refractivity contribution is 6.08. The molecule has 2 aliphatic rings. The summed E-state index contributed by atoms with van der Waals surface area (Å²) in [5.41, 5.74) is 5.34. The number of rotatable bonds is 10. The molecule has 0 atom stereocenters. The molecular weight excluding hydrogens is 496 g/mol. The first-order valence-corrected chi connectivity index (χ1v) is 13.7. The summed E-state index contributed by atoms with van der Waals surface area (Å²) in [6.45, 7) is 14.8. The predicted octanol–water partition coefficient (Wildman–Crippen LogP) is 3.82. The molecular formula is C32H39ClN2O3. The Bertz CT molecular complexity index is 1420. The number of esters is 1.